The smallest absolute Gasteiger partial charge is 0.304 e. The summed E-state index contributed by atoms with van der Waals surface area (Å²) in [7, 11) is -1.07. The molecular weight excluding hydrogens is 270 g/mol. The van der Waals surface area contributed by atoms with E-state index in [0.29, 0.717) is 0 Å². The molecule has 0 aromatic carbocycles. The molecule has 1 aromatic heterocycles. The summed E-state index contributed by atoms with van der Waals surface area (Å²) in [6.07, 6.45) is 0.949. The van der Waals surface area contributed by atoms with Crippen molar-refractivity contribution in [1.29, 1.82) is 0 Å². The van der Waals surface area contributed by atoms with Gasteiger partial charge in [0.1, 0.15) is 0 Å². The standard InChI is InChI=1S/C8H12ClN3O4S/c1-11(4-3-7(13)14)17(15,16)8-6(9)5-10-12(8)2/h5H,3-4H2,1-2H3,(H,13,14). The minimum atomic E-state index is -3.81. The topological polar surface area (TPSA) is 92.5 Å². The van der Waals surface area contributed by atoms with Gasteiger partial charge in [-0.2, -0.15) is 9.40 Å². The fourth-order valence-electron chi connectivity index (χ4n) is 1.21. The number of halogens is 1. The van der Waals surface area contributed by atoms with Gasteiger partial charge in [-0.05, 0) is 0 Å². The maximum atomic E-state index is 12.0. The number of rotatable bonds is 5. The summed E-state index contributed by atoms with van der Waals surface area (Å²) in [5.41, 5.74) is 0. The van der Waals surface area contributed by atoms with E-state index in [0.717, 1.165) is 8.99 Å². The molecule has 1 heterocycles. The molecular formula is C8H12ClN3O4S. The molecule has 0 fully saturated rings. The summed E-state index contributed by atoms with van der Waals surface area (Å²) in [6.45, 7) is -0.126. The van der Waals surface area contributed by atoms with Crippen molar-refractivity contribution in [3.05, 3.63) is 11.2 Å². The van der Waals surface area contributed by atoms with Gasteiger partial charge in [-0.1, -0.05) is 11.6 Å². The van der Waals surface area contributed by atoms with E-state index in [2.05, 4.69) is 5.10 Å². The predicted molar refractivity (Wildman–Crippen MR) is 60.3 cm³/mol. The van der Waals surface area contributed by atoms with Crippen LogP contribution in [-0.4, -0.2) is 47.2 Å². The van der Waals surface area contributed by atoms with E-state index in [9.17, 15) is 13.2 Å². The van der Waals surface area contributed by atoms with E-state index in [1.165, 1.54) is 20.3 Å². The second-order valence-corrected chi connectivity index (χ2v) is 5.76. The van der Waals surface area contributed by atoms with Gasteiger partial charge < -0.3 is 5.11 Å². The Balaban J connectivity index is 2.99. The molecule has 0 unspecified atom stereocenters. The first-order chi connectivity index (χ1) is 7.76. The monoisotopic (exact) mass is 281 g/mol. The maximum absolute atomic E-state index is 12.0. The van der Waals surface area contributed by atoms with E-state index < -0.39 is 16.0 Å². The molecule has 0 radical (unpaired) electrons. The lowest BCUT2D eigenvalue weighted by Crippen LogP contribution is -2.30. The van der Waals surface area contributed by atoms with Crippen molar-refractivity contribution < 1.29 is 18.3 Å². The molecule has 1 N–H and O–H groups in total. The van der Waals surface area contributed by atoms with Gasteiger partial charge in [-0.3, -0.25) is 9.48 Å². The third-order valence-corrected chi connectivity index (χ3v) is 4.50. The molecule has 1 aromatic rings. The largest absolute Gasteiger partial charge is 0.481 e. The summed E-state index contributed by atoms with van der Waals surface area (Å²) in [6, 6.07) is 0. The van der Waals surface area contributed by atoms with E-state index in [-0.39, 0.29) is 23.0 Å². The maximum Gasteiger partial charge on any atom is 0.304 e. The zero-order valence-electron chi connectivity index (χ0n) is 9.29. The average Bonchev–Trinajstić information content (AvgIpc) is 2.55. The number of aliphatic carboxylic acids is 1. The first kappa shape index (κ1) is 13.9. The van der Waals surface area contributed by atoms with E-state index >= 15 is 0 Å². The molecule has 96 valence electrons. The van der Waals surface area contributed by atoms with Crippen LogP contribution in [0.2, 0.25) is 5.02 Å². The minimum Gasteiger partial charge on any atom is -0.481 e. The predicted octanol–water partition coefficient (Wildman–Crippen LogP) is 0.169. The van der Waals surface area contributed by atoms with Crippen LogP contribution in [0.15, 0.2) is 11.2 Å². The van der Waals surface area contributed by atoms with Crippen molar-refractivity contribution >= 4 is 27.6 Å². The number of carbonyl (C=O) groups is 1. The van der Waals surface area contributed by atoms with Crippen LogP contribution in [-0.2, 0) is 21.9 Å². The molecule has 0 amide bonds. The van der Waals surface area contributed by atoms with Gasteiger partial charge in [0.25, 0.3) is 10.0 Å². The number of hydrogen-bond acceptors (Lipinski definition) is 4. The highest BCUT2D eigenvalue weighted by atomic mass is 35.5. The van der Waals surface area contributed by atoms with Gasteiger partial charge in [0.2, 0.25) is 0 Å². The van der Waals surface area contributed by atoms with Gasteiger partial charge in [-0.25, -0.2) is 8.42 Å². The van der Waals surface area contributed by atoms with Crippen molar-refractivity contribution in [2.75, 3.05) is 13.6 Å². The third-order valence-electron chi connectivity index (χ3n) is 2.14. The van der Waals surface area contributed by atoms with Crippen molar-refractivity contribution in [3.8, 4) is 0 Å². The van der Waals surface area contributed by atoms with Gasteiger partial charge in [0, 0.05) is 20.6 Å². The summed E-state index contributed by atoms with van der Waals surface area (Å²) in [4.78, 5) is 10.4. The van der Waals surface area contributed by atoms with Crippen LogP contribution >= 0.6 is 11.6 Å². The Bertz CT molecular complexity index is 505. The zero-order valence-corrected chi connectivity index (χ0v) is 10.9. The van der Waals surface area contributed by atoms with Crippen LogP contribution < -0.4 is 0 Å². The number of aromatic nitrogens is 2. The van der Waals surface area contributed by atoms with Crippen molar-refractivity contribution in [2.45, 2.75) is 11.4 Å². The second-order valence-electron chi connectivity index (χ2n) is 3.39. The van der Waals surface area contributed by atoms with Gasteiger partial charge in [-0.15, -0.1) is 0 Å². The Morgan fingerprint density at radius 1 is 1.65 bits per heavy atom. The molecule has 0 bridgehead atoms. The number of carboxylic acid groups (broad SMARTS) is 1. The van der Waals surface area contributed by atoms with Crippen molar-refractivity contribution in [2.24, 2.45) is 7.05 Å². The Hall–Kier alpha value is -1.12. The molecule has 0 saturated carbocycles. The Morgan fingerprint density at radius 2 is 2.24 bits per heavy atom. The van der Waals surface area contributed by atoms with Crippen molar-refractivity contribution in [1.82, 2.24) is 14.1 Å². The average molecular weight is 282 g/mol. The second kappa shape index (κ2) is 5.03. The van der Waals surface area contributed by atoms with Crippen molar-refractivity contribution in [3.63, 3.8) is 0 Å². The van der Waals surface area contributed by atoms with E-state index in [4.69, 9.17) is 16.7 Å². The van der Waals surface area contributed by atoms with E-state index in [1.54, 1.807) is 0 Å². The van der Waals surface area contributed by atoms with Crippen LogP contribution in [0.4, 0.5) is 0 Å². The normalized spacial score (nSPS) is 12.0. The highest BCUT2D eigenvalue weighted by molar-refractivity contribution is 7.89. The fraction of sp³-hybridized carbons (Fsp3) is 0.500. The number of carboxylic acids is 1. The zero-order chi connectivity index (χ0) is 13.2. The van der Waals surface area contributed by atoms with Gasteiger partial charge in [0.15, 0.2) is 5.03 Å². The first-order valence-electron chi connectivity index (χ1n) is 4.62. The third kappa shape index (κ3) is 2.96. The fourth-order valence-corrected chi connectivity index (χ4v) is 2.98. The number of nitrogens with zero attached hydrogens (tertiary/aromatic N) is 3. The SMILES string of the molecule is CN(CCC(=O)O)S(=O)(=O)c1c(Cl)cnn1C. The quantitative estimate of drug-likeness (QED) is 0.830. The Labute approximate surface area is 104 Å². The molecule has 0 aliphatic heterocycles. The van der Waals surface area contributed by atoms with Crippen LogP contribution in [0.1, 0.15) is 6.42 Å². The molecule has 9 heteroatoms. The van der Waals surface area contributed by atoms with Crippen LogP contribution in [0.5, 0.6) is 0 Å². The minimum absolute atomic E-state index is 0.00896. The molecule has 1 rings (SSSR count). The van der Waals surface area contributed by atoms with Crippen LogP contribution in [0.25, 0.3) is 0 Å². The molecule has 0 aliphatic rings. The lowest BCUT2D eigenvalue weighted by molar-refractivity contribution is -0.137. The molecule has 0 saturated heterocycles. The summed E-state index contributed by atoms with van der Waals surface area (Å²) in [5.74, 6) is -1.07. The van der Waals surface area contributed by atoms with Crippen LogP contribution in [0, 0.1) is 0 Å². The molecule has 0 atom stereocenters. The number of sulfonamides is 1. The molecule has 17 heavy (non-hydrogen) atoms. The Kier molecular flexibility index (Phi) is 4.12. The first-order valence-corrected chi connectivity index (χ1v) is 6.44. The lowest BCUT2D eigenvalue weighted by Gasteiger charge is -2.16. The van der Waals surface area contributed by atoms with Crippen LogP contribution in [0.3, 0.4) is 0 Å². The number of aryl methyl sites for hydroxylation is 1. The lowest BCUT2D eigenvalue weighted by atomic mass is 10.4. The molecule has 7 nitrogen and oxygen atoms in total. The molecule has 0 aliphatic carbocycles. The molecule has 0 spiro atoms. The summed E-state index contributed by atoms with van der Waals surface area (Å²) < 4.78 is 26.1. The highest BCUT2D eigenvalue weighted by Gasteiger charge is 2.27. The van der Waals surface area contributed by atoms with E-state index in [1.807, 2.05) is 0 Å². The van der Waals surface area contributed by atoms with Gasteiger partial charge >= 0.3 is 5.97 Å². The highest BCUT2D eigenvalue weighted by Crippen LogP contribution is 2.22. The number of hydrogen-bond donors (Lipinski definition) is 1. The summed E-state index contributed by atoms with van der Waals surface area (Å²) >= 11 is 5.73. The Morgan fingerprint density at radius 3 is 2.65 bits per heavy atom. The van der Waals surface area contributed by atoms with Gasteiger partial charge in [0.05, 0.1) is 17.6 Å². The summed E-state index contributed by atoms with van der Waals surface area (Å²) in [5, 5.41) is 12.1.